The first kappa shape index (κ1) is 16.0. The molecule has 5 heteroatoms. The fourth-order valence-corrected chi connectivity index (χ4v) is 3.59. The van der Waals surface area contributed by atoms with Crippen LogP contribution in [-0.2, 0) is 17.6 Å². The number of benzene rings is 1. The molecule has 1 heterocycles. The highest BCUT2D eigenvalue weighted by molar-refractivity contribution is 5.95. The van der Waals surface area contributed by atoms with Crippen molar-refractivity contribution in [3.05, 3.63) is 34.9 Å². The van der Waals surface area contributed by atoms with Crippen LogP contribution in [0.3, 0.4) is 0 Å². The molecule has 0 saturated carbocycles. The van der Waals surface area contributed by atoms with E-state index in [4.69, 9.17) is 5.73 Å². The van der Waals surface area contributed by atoms with Gasteiger partial charge in [0, 0.05) is 31.7 Å². The number of primary amides is 1. The van der Waals surface area contributed by atoms with E-state index in [9.17, 15) is 9.59 Å². The van der Waals surface area contributed by atoms with Crippen LogP contribution in [0.1, 0.15) is 34.3 Å². The molecule has 2 aliphatic rings. The van der Waals surface area contributed by atoms with Crippen LogP contribution < -0.4 is 5.73 Å². The summed E-state index contributed by atoms with van der Waals surface area (Å²) in [5.74, 6) is -0.619. The number of carbonyl (C=O) groups is 2. The van der Waals surface area contributed by atoms with E-state index in [1.807, 2.05) is 19.2 Å². The van der Waals surface area contributed by atoms with E-state index in [0.717, 1.165) is 24.9 Å². The molecule has 0 aromatic heterocycles. The van der Waals surface area contributed by atoms with E-state index in [1.54, 1.807) is 4.90 Å². The normalized spacial score (nSPS) is 22.3. The lowest BCUT2D eigenvalue weighted by atomic mass is 9.90. The Labute approximate surface area is 137 Å². The largest absolute Gasteiger partial charge is 0.369 e. The molecular weight excluding hydrogens is 290 g/mol. The highest BCUT2D eigenvalue weighted by atomic mass is 16.2. The summed E-state index contributed by atoms with van der Waals surface area (Å²) >= 11 is 0. The van der Waals surface area contributed by atoms with Gasteiger partial charge in [0.2, 0.25) is 5.91 Å². The van der Waals surface area contributed by atoms with Crippen LogP contribution in [0, 0.1) is 5.92 Å². The maximum absolute atomic E-state index is 12.9. The minimum Gasteiger partial charge on any atom is -0.369 e. The SMILES string of the molecule is CN1CCN(C(=O)c2ccc3c(c2)CCCC3)CC(C(N)=O)C1. The third kappa shape index (κ3) is 3.55. The van der Waals surface area contributed by atoms with Gasteiger partial charge in [-0.1, -0.05) is 6.07 Å². The average Bonchev–Trinajstić information content (AvgIpc) is 2.76. The fraction of sp³-hybridized carbons (Fsp3) is 0.556. The summed E-state index contributed by atoms with van der Waals surface area (Å²) in [7, 11) is 1.96. The number of rotatable bonds is 2. The molecule has 0 spiro atoms. The van der Waals surface area contributed by atoms with Crippen molar-refractivity contribution >= 4 is 11.8 Å². The molecule has 2 N–H and O–H groups in total. The van der Waals surface area contributed by atoms with E-state index in [1.165, 1.54) is 24.0 Å². The van der Waals surface area contributed by atoms with Gasteiger partial charge >= 0.3 is 0 Å². The Balaban J connectivity index is 1.79. The summed E-state index contributed by atoms with van der Waals surface area (Å²) in [6.45, 7) is 2.43. The van der Waals surface area contributed by atoms with Crippen LogP contribution in [0.5, 0.6) is 0 Å². The maximum atomic E-state index is 12.9. The highest BCUT2D eigenvalue weighted by Crippen LogP contribution is 2.23. The molecule has 0 radical (unpaired) electrons. The van der Waals surface area contributed by atoms with Crippen LogP contribution in [-0.4, -0.2) is 54.8 Å². The van der Waals surface area contributed by atoms with Crippen LogP contribution in [0.2, 0.25) is 0 Å². The van der Waals surface area contributed by atoms with E-state index in [-0.39, 0.29) is 17.7 Å². The third-order valence-electron chi connectivity index (χ3n) is 5.01. The Morgan fingerprint density at radius 2 is 1.83 bits per heavy atom. The number of likely N-dealkylation sites (N-methyl/N-ethyl adjacent to an activating group) is 1. The summed E-state index contributed by atoms with van der Waals surface area (Å²) in [5.41, 5.74) is 8.90. The van der Waals surface area contributed by atoms with Crippen LogP contribution in [0.15, 0.2) is 18.2 Å². The Morgan fingerprint density at radius 1 is 1.09 bits per heavy atom. The van der Waals surface area contributed by atoms with Crippen molar-refractivity contribution in [2.45, 2.75) is 25.7 Å². The zero-order chi connectivity index (χ0) is 16.4. The second-order valence-electron chi connectivity index (χ2n) is 6.80. The van der Waals surface area contributed by atoms with Gasteiger partial charge in [0.15, 0.2) is 0 Å². The van der Waals surface area contributed by atoms with Gasteiger partial charge in [0.05, 0.1) is 5.92 Å². The quantitative estimate of drug-likeness (QED) is 0.887. The molecule has 2 amide bonds. The number of hydrogen-bond acceptors (Lipinski definition) is 3. The molecule has 23 heavy (non-hydrogen) atoms. The van der Waals surface area contributed by atoms with Gasteiger partial charge in [-0.2, -0.15) is 0 Å². The van der Waals surface area contributed by atoms with Crippen LogP contribution >= 0.6 is 0 Å². The van der Waals surface area contributed by atoms with Gasteiger partial charge in [-0.3, -0.25) is 9.59 Å². The molecule has 1 aromatic carbocycles. The Kier molecular flexibility index (Phi) is 4.66. The summed E-state index contributed by atoms with van der Waals surface area (Å²) in [4.78, 5) is 28.3. The average molecular weight is 315 g/mol. The molecular formula is C18H25N3O2. The standard InChI is InChI=1S/C18H25N3O2/c1-20-8-9-21(12-16(11-20)17(19)22)18(23)15-7-6-13-4-2-3-5-14(13)10-15/h6-7,10,16H,2-5,8-9,11-12H2,1H3,(H2,19,22). The molecule has 0 bridgehead atoms. The van der Waals surface area contributed by atoms with Crippen LogP contribution in [0.4, 0.5) is 0 Å². The first-order valence-electron chi connectivity index (χ1n) is 8.43. The second-order valence-corrected chi connectivity index (χ2v) is 6.80. The molecule has 1 saturated heterocycles. The van der Waals surface area contributed by atoms with E-state index < -0.39 is 0 Å². The summed E-state index contributed by atoms with van der Waals surface area (Å²) in [6.07, 6.45) is 4.60. The summed E-state index contributed by atoms with van der Waals surface area (Å²) in [6, 6.07) is 6.07. The van der Waals surface area contributed by atoms with Crippen molar-refractivity contribution in [1.82, 2.24) is 9.80 Å². The third-order valence-corrected chi connectivity index (χ3v) is 5.01. The Morgan fingerprint density at radius 3 is 2.57 bits per heavy atom. The molecule has 1 aliphatic heterocycles. The Bertz CT molecular complexity index is 614. The van der Waals surface area contributed by atoms with E-state index in [2.05, 4.69) is 11.0 Å². The van der Waals surface area contributed by atoms with Gasteiger partial charge in [0.1, 0.15) is 0 Å². The van der Waals surface area contributed by atoms with Gasteiger partial charge < -0.3 is 15.5 Å². The fourth-order valence-electron chi connectivity index (χ4n) is 3.59. The first-order chi connectivity index (χ1) is 11.0. The van der Waals surface area contributed by atoms with Crippen molar-refractivity contribution in [1.29, 1.82) is 0 Å². The molecule has 5 nitrogen and oxygen atoms in total. The minimum absolute atomic E-state index is 0.0138. The maximum Gasteiger partial charge on any atom is 0.253 e. The van der Waals surface area contributed by atoms with E-state index >= 15 is 0 Å². The second kappa shape index (κ2) is 6.71. The predicted octanol–water partition coefficient (Wildman–Crippen LogP) is 1.05. The van der Waals surface area contributed by atoms with Crippen molar-refractivity contribution < 1.29 is 9.59 Å². The molecule has 1 aromatic rings. The molecule has 3 rings (SSSR count). The lowest BCUT2D eigenvalue weighted by Gasteiger charge is -2.24. The number of amides is 2. The predicted molar refractivity (Wildman–Crippen MR) is 89.2 cm³/mol. The molecule has 1 aliphatic carbocycles. The lowest BCUT2D eigenvalue weighted by Crippen LogP contribution is -2.40. The zero-order valence-corrected chi connectivity index (χ0v) is 13.8. The van der Waals surface area contributed by atoms with E-state index in [0.29, 0.717) is 19.6 Å². The molecule has 124 valence electrons. The number of fused-ring (bicyclic) bond motifs is 1. The van der Waals surface area contributed by atoms with Gasteiger partial charge in [-0.05, 0) is 56.0 Å². The first-order valence-corrected chi connectivity index (χ1v) is 8.43. The lowest BCUT2D eigenvalue weighted by molar-refractivity contribution is -0.122. The molecule has 1 atom stereocenters. The Hall–Kier alpha value is -1.88. The monoisotopic (exact) mass is 315 g/mol. The van der Waals surface area contributed by atoms with Gasteiger partial charge in [-0.15, -0.1) is 0 Å². The van der Waals surface area contributed by atoms with Crippen molar-refractivity contribution in [3.63, 3.8) is 0 Å². The van der Waals surface area contributed by atoms with Crippen molar-refractivity contribution in [3.8, 4) is 0 Å². The number of carbonyl (C=O) groups excluding carboxylic acids is 2. The zero-order valence-electron chi connectivity index (χ0n) is 13.8. The smallest absolute Gasteiger partial charge is 0.253 e. The molecule has 1 unspecified atom stereocenters. The number of hydrogen-bond donors (Lipinski definition) is 1. The van der Waals surface area contributed by atoms with Crippen molar-refractivity contribution in [2.24, 2.45) is 11.7 Å². The topological polar surface area (TPSA) is 66.6 Å². The minimum atomic E-state index is -0.331. The van der Waals surface area contributed by atoms with Gasteiger partial charge in [0.25, 0.3) is 5.91 Å². The highest BCUT2D eigenvalue weighted by Gasteiger charge is 2.28. The molecule has 1 fully saturated rings. The van der Waals surface area contributed by atoms with Gasteiger partial charge in [-0.25, -0.2) is 0 Å². The summed E-state index contributed by atoms with van der Waals surface area (Å²) < 4.78 is 0. The van der Waals surface area contributed by atoms with Crippen molar-refractivity contribution in [2.75, 3.05) is 33.2 Å². The summed E-state index contributed by atoms with van der Waals surface area (Å²) in [5, 5.41) is 0. The number of aryl methyl sites for hydroxylation is 2. The number of nitrogens with zero attached hydrogens (tertiary/aromatic N) is 2. The number of nitrogens with two attached hydrogens (primary N) is 1. The van der Waals surface area contributed by atoms with Crippen LogP contribution in [0.25, 0.3) is 0 Å².